The molecule has 0 aromatic heterocycles. The van der Waals surface area contributed by atoms with Gasteiger partial charge in [0.25, 0.3) is 5.91 Å². The summed E-state index contributed by atoms with van der Waals surface area (Å²) in [6, 6.07) is 8.30. The van der Waals surface area contributed by atoms with Gasteiger partial charge in [0.2, 0.25) is 10.0 Å². The fourth-order valence-electron chi connectivity index (χ4n) is 2.86. The molecule has 1 saturated heterocycles. The third-order valence-electron chi connectivity index (χ3n) is 4.52. The molecule has 0 saturated carbocycles. The van der Waals surface area contributed by atoms with E-state index in [0.29, 0.717) is 11.1 Å². The van der Waals surface area contributed by atoms with Gasteiger partial charge in [-0.1, -0.05) is 11.6 Å². The monoisotopic (exact) mass is 458 g/mol. The zero-order valence-electron chi connectivity index (χ0n) is 15.6. The summed E-state index contributed by atoms with van der Waals surface area (Å²) in [4.78, 5) is 25.6. The first kappa shape index (κ1) is 22.1. The molecule has 0 radical (unpaired) electrons. The lowest BCUT2D eigenvalue weighted by atomic mass is 10.2. The van der Waals surface area contributed by atoms with Crippen LogP contribution in [0.15, 0.2) is 47.4 Å². The number of benzene rings is 2. The first-order chi connectivity index (χ1) is 14.2. The van der Waals surface area contributed by atoms with E-state index in [0.717, 1.165) is 12.1 Å². The summed E-state index contributed by atoms with van der Waals surface area (Å²) in [5.41, 5.74) is -0.222. The Labute approximate surface area is 176 Å². The lowest BCUT2D eigenvalue weighted by Gasteiger charge is -2.33. The van der Waals surface area contributed by atoms with E-state index in [-0.39, 0.29) is 36.6 Å². The topological polar surface area (TPSA) is 84.0 Å². The van der Waals surface area contributed by atoms with E-state index in [1.807, 2.05) is 0 Å². The Hall–Kier alpha value is -2.56. The van der Waals surface area contributed by atoms with E-state index in [9.17, 15) is 26.8 Å². The summed E-state index contributed by atoms with van der Waals surface area (Å²) in [5, 5.41) is 0.419. The average molecular weight is 459 g/mol. The molecule has 0 atom stereocenters. The van der Waals surface area contributed by atoms with Crippen LogP contribution in [0.3, 0.4) is 0 Å². The van der Waals surface area contributed by atoms with Crippen LogP contribution in [-0.2, 0) is 19.6 Å². The second-order valence-corrected chi connectivity index (χ2v) is 8.82. The van der Waals surface area contributed by atoms with E-state index in [1.54, 1.807) is 0 Å². The molecule has 0 unspecified atom stereocenters. The van der Waals surface area contributed by atoms with E-state index in [2.05, 4.69) is 0 Å². The summed E-state index contributed by atoms with van der Waals surface area (Å²) >= 11 is 5.78. The van der Waals surface area contributed by atoms with Crippen LogP contribution in [0.5, 0.6) is 0 Å². The SMILES string of the molecule is O=C(OCC(=O)N1CCN(S(=O)(=O)c2ccc(Cl)cc2)CC1)c1ccc(F)c(F)c1. The maximum atomic E-state index is 13.2. The molecule has 0 aliphatic carbocycles. The number of halogens is 3. The lowest BCUT2D eigenvalue weighted by molar-refractivity contribution is -0.135. The van der Waals surface area contributed by atoms with Crippen molar-refractivity contribution >= 4 is 33.5 Å². The predicted molar refractivity (Wildman–Crippen MR) is 103 cm³/mol. The summed E-state index contributed by atoms with van der Waals surface area (Å²) in [5.74, 6) is -3.79. The minimum atomic E-state index is -3.71. The molecule has 1 heterocycles. The van der Waals surface area contributed by atoms with Crippen LogP contribution in [-0.4, -0.2) is 62.3 Å². The zero-order chi connectivity index (χ0) is 21.9. The summed E-state index contributed by atoms with van der Waals surface area (Å²) in [6.07, 6.45) is 0. The molecule has 1 aliphatic heterocycles. The molecule has 30 heavy (non-hydrogen) atoms. The Morgan fingerprint density at radius 3 is 2.20 bits per heavy atom. The van der Waals surface area contributed by atoms with Gasteiger partial charge in [0, 0.05) is 31.2 Å². The van der Waals surface area contributed by atoms with Crippen LogP contribution >= 0.6 is 11.6 Å². The number of esters is 1. The lowest BCUT2D eigenvalue weighted by Crippen LogP contribution is -2.51. The molecule has 160 valence electrons. The molecular weight excluding hydrogens is 442 g/mol. The van der Waals surface area contributed by atoms with E-state index in [4.69, 9.17) is 16.3 Å². The van der Waals surface area contributed by atoms with Crippen LogP contribution in [0.1, 0.15) is 10.4 Å². The van der Waals surface area contributed by atoms with Crippen molar-refractivity contribution in [1.82, 2.24) is 9.21 Å². The third kappa shape index (κ3) is 4.94. The normalized spacial score (nSPS) is 15.1. The standard InChI is InChI=1S/C19H17ClF2N2O5S/c20-14-2-4-15(5-3-14)30(27,28)24-9-7-23(8-10-24)18(25)12-29-19(26)13-1-6-16(21)17(22)11-13/h1-6,11H,7-10,12H2. The molecule has 2 aromatic carbocycles. The highest BCUT2D eigenvalue weighted by molar-refractivity contribution is 7.89. The largest absolute Gasteiger partial charge is 0.452 e. The van der Waals surface area contributed by atoms with Crippen molar-refractivity contribution in [1.29, 1.82) is 0 Å². The quantitative estimate of drug-likeness (QED) is 0.642. The van der Waals surface area contributed by atoms with Gasteiger partial charge in [0.1, 0.15) is 0 Å². The van der Waals surface area contributed by atoms with Gasteiger partial charge in [0.05, 0.1) is 10.5 Å². The minimum Gasteiger partial charge on any atom is -0.452 e. The van der Waals surface area contributed by atoms with Crippen molar-refractivity contribution in [2.75, 3.05) is 32.8 Å². The molecule has 0 N–H and O–H groups in total. The van der Waals surface area contributed by atoms with Gasteiger partial charge < -0.3 is 9.64 Å². The Morgan fingerprint density at radius 2 is 1.60 bits per heavy atom. The van der Waals surface area contributed by atoms with Crippen LogP contribution in [0.25, 0.3) is 0 Å². The predicted octanol–water partition coefficient (Wildman–Crippen LogP) is 2.31. The smallest absolute Gasteiger partial charge is 0.338 e. The van der Waals surface area contributed by atoms with Crippen molar-refractivity contribution in [2.45, 2.75) is 4.90 Å². The van der Waals surface area contributed by atoms with Crippen LogP contribution in [0, 0.1) is 11.6 Å². The fourth-order valence-corrected chi connectivity index (χ4v) is 4.41. The van der Waals surface area contributed by atoms with E-state index >= 15 is 0 Å². The maximum Gasteiger partial charge on any atom is 0.338 e. The number of hydrogen-bond donors (Lipinski definition) is 0. The van der Waals surface area contributed by atoms with Crippen molar-refractivity contribution in [3.63, 3.8) is 0 Å². The molecule has 1 aliphatic rings. The third-order valence-corrected chi connectivity index (χ3v) is 6.69. The van der Waals surface area contributed by atoms with Crippen molar-refractivity contribution in [3.05, 3.63) is 64.7 Å². The first-order valence-electron chi connectivity index (χ1n) is 8.84. The molecule has 1 fully saturated rings. The Balaban J connectivity index is 1.53. The highest BCUT2D eigenvalue weighted by atomic mass is 35.5. The van der Waals surface area contributed by atoms with Gasteiger partial charge in [-0.05, 0) is 42.5 Å². The molecule has 11 heteroatoms. The highest BCUT2D eigenvalue weighted by Gasteiger charge is 2.30. The number of amides is 1. The van der Waals surface area contributed by atoms with E-state index in [1.165, 1.54) is 33.5 Å². The summed E-state index contributed by atoms with van der Waals surface area (Å²) < 4.78 is 57.5. The molecule has 0 spiro atoms. The van der Waals surface area contributed by atoms with Crippen LogP contribution in [0.4, 0.5) is 8.78 Å². The highest BCUT2D eigenvalue weighted by Crippen LogP contribution is 2.20. The first-order valence-corrected chi connectivity index (χ1v) is 10.7. The number of rotatable bonds is 5. The number of sulfonamides is 1. The zero-order valence-corrected chi connectivity index (χ0v) is 17.1. The number of hydrogen-bond acceptors (Lipinski definition) is 5. The van der Waals surface area contributed by atoms with Gasteiger partial charge in [-0.15, -0.1) is 0 Å². The molecule has 3 rings (SSSR count). The van der Waals surface area contributed by atoms with Crippen LogP contribution in [0.2, 0.25) is 5.02 Å². The minimum absolute atomic E-state index is 0.0772. The van der Waals surface area contributed by atoms with Crippen molar-refractivity contribution in [2.24, 2.45) is 0 Å². The number of carbonyl (C=O) groups excluding carboxylic acids is 2. The maximum absolute atomic E-state index is 13.2. The fraction of sp³-hybridized carbons (Fsp3) is 0.263. The second kappa shape index (κ2) is 9.07. The van der Waals surface area contributed by atoms with Gasteiger partial charge in [-0.25, -0.2) is 22.0 Å². The number of carbonyl (C=O) groups is 2. The van der Waals surface area contributed by atoms with Gasteiger partial charge in [-0.2, -0.15) is 4.31 Å². The molecule has 2 aromatic rings. The summed E-state index contributed by atoms with van der Waals surface area (Å²) in [6.45, 7) is -0.202. The Kier molecular flexibility index (Phi) is 6.69. The number of nitrogens with zero attached hydrogens (tertiary/aromatic N) is 2. The Bertz CT molecular complexity index is 1060. The Morgan fingerprint density at radius 1 is 0.967 bits per heavy atom. The van der Waals surface area contributed by atoms with Crippen molar-refractivity contribution in [3.8, 4) is 0 Å². The molecule has 7 nitrogen and oxygen atoms in total. The summed E-state index contributed by atoms with van der Waals surface area (Å²) in [7, 11) is -3.71. The van der Waals surface area contributed by atoms with Gasteiger partial charge in [0.15, 0.2) is 18.2 Å². The van der Waals surface area contributed by atoms with Crippen LogP contribution < -0.4 is 0 Å². The van der Waals surface area contributed by atoms with Gasteiger partial charge >= 0.3 is 5.97 Å². The second-order valence-electron chi connectivity index (χ2n) is 6.44. The molecular formula is C19H17ClF2N2O5S. The molecule has 1 amide bonds. The van der Waals surface area contributed by atoms with Gasteiger partial charge in [-0.3, -0.25) is 4.79 Å². The number of ether oxygens (including phenoxy) is 1. The van der Waals surface area contributed by atoms with Crippen molar-refractivity contribution < 1.29 is 31.5 Å². The average Bonchev–Trinajstić information content (AvgIpc) is 2.74. The number of piperazine rings is 1. The van der Waals surface area contributed by atoms with E-state index < -0.39 is 40.1 Å². The molecule has 0 bridgehead atoms.